The van der Waals surface area contributed by atoms with Crippen LogP contribution in [0.4, 0.5) is 0 Å². The minimum atomic E-state index is 0.611. The number of hydrogen-bond donors (Lipinski definition) is 0. The number of aliphatic imine (C=N–C) groups is 1. The standard InChI is InChI=1S/C11H15N/c1-2-8-12-9-11-6-4-10(3-1)5-7-11/h3-4,6,9,11H,1-2,5,7-8H2. The summed E-state index contributed by atoms with van der Waals surface area (Å²) >= 11 is 0. The normalized spacial score (nSPS) is 28.7. The molecule has 0 saturated heterocycles. The molecule has 0 aromatic carbocycles. The van der Waals surface area contributed by atoms with E-state index < -0.39 is 0 Å². The van der Waals surface area contributed by atoms with Crippen LogP contribution >= 0.6 is 0 Å². The van der Waals surface area contributed by atoms with Crippen molar-refractivity contribution in [2.75, 3.05) is 6.54 Å². The Morgan fingerprint density at radius 2 is 2.42 bits per heavy atom. The molecule has 3 aliphatic rings. The van der Waals surface area contributed by atoms with Gasteiger partial charge >= 0.3 is 0 Å². The predicted octanol–water partition coefficient (Wildman–Crippen LogP) is 2.74. The van der Waals surface area contributed by atoms with Crippen molar-refractivity contribution in [3.8, 4) is 0 Å². The Kier molecular flexibility index (Phi) is 2.40. The second-order valence-electron chi connectivity index (χ2n) is 3.54. The monoisotopic (exact) mass is 161 g/mol. The summed E-state index contributed by atoms with van der Waals surface area (Å²) in [6, 6.07) is 0. The average molecular weight is 161 g/mol. The van der Waals surface area contributed by atoms with Gasteiger partial charge in [0.05, 0.1) is 0 Å². The zero-order chi connectivity index (χ0) is 8.23. The minimum absolute atomic E-state index is 0.611. The quantitative estimate of drug-likeness (QED) is 0.518. The van der Waals surface area contributed by atoms with E-state index in [2.05, 4.69) is 29.4 Å². The predicted molar refractivity (Wildman–Crippen MR) is 52.5 cm³/mol. The molecule has 0 saturated carbocycles. The average Bonchev–Trinajstić information content (AvgIpc) is 2.16. The van der Waals surface area contributed by atoms with Crippen LogP contribution in [-0.4, -0.2) is 12.8 Å². The summed E-state index contributed by atoms with van der Waals surface area (Å²) in [6.45, 7) is 1.01. The lowest BCUT2D eigenvalue weighted by Gasteiger charge is -2.15. The van der Waals surface area contributed by atoms with Gasteiger partial charge in [-0.15, -0.1) is 0 Å². The van der Waals surface area contributed by atoms with E-state index in [1.165, 1.54) is 31.3 Å². The fourth-order valence-electron chi connectivity index (χ4n) is 1.73. The highest BCUT2D eigenvalue weighted by Gasteiger charge is 2.08. The van der Waals surface area contributed by atoms with Crippen LogP contribution in [0.1, 0.15) is 25.7 Å². The first-order chi connectivity index (χ1) is 5.95. The summed E-state index contributed by atoms with van der Waals surface area (Å²) in [6.07, 6.45) is 13.9. The molecule has 1 aliphatic carbocycles. The molecule has 0 aromatic heterocycles. The van der Waals surface area contributed by atoms with E-state index in [0.717, 1.165) is 6.54 Å². The van der Waals surface area contributed by atoms with Crippen molar-refractivity contribution in [3.63, 3.8) is 0 Å². The van der Waals surface area contributed by atoms with Crippen LogP contribution in [0.3, 0.4) is 0 Å². The molecular weight excluding hydrogens is 146 g/mol. The van der Waals surface area contributed by atoms with Crippen molar-refractivity contribution >= 4 is 6.21 Å². The lowest BCUT2D eigenvalue weighted by Crippen LogP contribution is -2.05. The van der Waals surface area contributed by atoms with Gasteiger partial charge in [0.15, 0.2) is 0 Å². The molecule has 2 heterocycles. The molecule has 64 valence electrons. The van der Waals surface area contributed by atoms with E-state index in [4.69, 9.17) is 0 Å². The molecule has 1 nitrogen and oxygen atoms in total. The maximum absolute atomic E-state index is 4.40. The van der Waals surface area contributed by atoms with Gasteiger partial charge < -0.3 is 0 Å². The first-order valence-electron chi connectivity index (χ1n) is 4.82. The molecular formula is C11H15N. The van der Waals surface area contributed by atoms with Crippen molar-refractivity contribution in [2.24, 2.45) is 10.9 Å². The molecule has 2 aliphatic heterocycles. The molecule has 0 aromatic rings. The third-order valence-electron chi connectivity index (χ3n) is 2.52. The van der Waals surface area contributed by atoms with Crippen molar-refractivity contribution in [1.82, 2.24) is 0 Å². The van der Waals surface area contributed by atoms with Crippen LogP contribution in [-0.2, 0) is 0 Å². The Labute approximate surface area is 73.9 Å². The van der Waals surface area contributed by atoms with Gasteiger partial charge in [-0.1, -0.05) is 23.8 Å². The highest BCUT2D eigenvalue weighted by Crippen LogP contribution is 2.21. The van der Waals surface area contributed by atoms with Gasteiger partial charge in [-0.2, -0.15) is 0 Å². The molecule has 0 fully saturated rings. The Balaban J connectivity index is 2.17. The second kappa shape index (κ2) is 3.70. The van der Waals surface area contributed by atoms with E-state index in [9.17, 15) is 0 Å². The van der Waals surface area contributed by atoms with Crippen molar-refractivity contribution < 1.29 is 0 Å². The molecule has 2 bridgehead atoms. The van der Waals surface area contributed by atoms with Crippen LogP contribution in [0, 0.1) is 5.92 Å². The number of rotatable bonds is 0. The van der Waals surface area contributed by atoms with E-state index in [1.807, 2.05) is 0 Å². The second-order valence-corrected chi connectivity index (χ2v) is 3.54. The van der Waals surface area contributed by atoms with Gasteiger partial charge in [0.1, 0.15) is 0 Å². The maximum atomic E-state index is 4.40. The molecule has 0 radical (unpaired) electrons. The lowest BCUT2D eigenvalue weighted by atomic mass is 9.92. The Morgan fingerprint density at radius 1 is 1.42 bits per heavy atom. The van der Waals surface area contributed by atoms with Gasteiger partial charge in [0.25, 0.3) is 0 Å². The number of fused-ring (bicyclic) bond motifs is 5. The zero-order valence-electron chi connectivity index (χ0n) is 7.37. The van der Waals surface area contributed by atoms with Crippen LogP contribution in [0.5, 0.6) is 0 Å². The molecule has 12 heavy (non-hydrogen) atoms. The molecule has 0 spiro atoms. The SMILES string of the molecule is C1=CC2C=NCCCC=C1CC2. The number of nitrogens with zero attached hydrogens (tertiary/aromatic N) is 1. The third kappa shape index (κ3) is 1.84. The summed E-state index contributed by atoms with van der Waals surface area (Å²) in [7, 11) is 0. The smallest absolute Gasteiger partial charge is 0.0388 e. The van der Waals surface area contributed by atoms with E-state index in [1.54, 1.807) is 0 Å². The minimum Gasteiger partial charge on any atom is -0.297 e. The molecule has 1 unspecified atom stereocenters. The Bertz CT molecular complexity index is 235. The summed E-state index contributed by atoms with van der Waals surface area (Å²) in [5.41, 5.74) is 1.53. The fraction of sp³-hybridized carbons (Fsp3) is 0.545. The van der Waals surface area contributed by atoms with Crippen LogP contribution in [0.2, 0.25) is 0 Å². The van der Waals surface area contributed by atoms with Crippen LogP contribution < -0.4 is 0 Å². The Morgan fingerprint density at radius 3 is 3.25 bits per heavy atom. The summed E-state index contributed by atoms with van der Waals surface area (Å²) < 4.78 is 0. The van der Waals surface area contributed by atoms with Crippen LogP contribution in [0.25, 0.3) is 0 Å². The lowest BCUT2D eigenvalue weighted by molar-refractivity contribution is 0.712. The highest BCUT2D eigenvalue weighted by atomic mass is 14.7. The van der Waals surface area contributed by atoms with Gasteiger partial charge in [0, 0.05) is 18.7 Å². The van der Waals surface area contributed by atoms with Crippen molar-refractivity contribution in [3.05, 3.63) is 23.8 Å². The number of allylic oxidation sites excluding steroid dienone is 4. The highest BCUT2D eigenvalue weighted by molar-refractivity contribution is 5.64. The van der Waals surface area contributed by atoms with Gasteiger partial charge in [-0.25, -0.2) is 0 Å². The van der Waals surface area contributed by atoms with E-state index in [-0.39, 0.29) is 0 Å². The maximum Gasteiger partial charge on any atom is 0.0388 e. The molecule has 0 amide bonds. The number of hydrogen-bond acceptors (Lipinski definition) is 1. The zero-order valence-corrected chi connectivity index (χ0v) is 7.37. The summed E-state index contributed by atoms with van der Waals surface area (Å²) in [5, 5.41) is 0. The topological polar surface area (TPSA) is 12.4 Å². The first-order valence-corrected chi connectivity index (χ1v) is 4.82. The van der Waals surface area contributed by atoms with Crippen molar-refractivity contribution in [1.29, 1.82) is 0 Å². The van der Waals surface area contributed by atoms with Crippen LogP contribution in [0.15, 0.2) is 28.8 Å². The fourth-order valence-corrected chi connectivity index (χ4v) is 1.73. The van der Waals surface area contributed by atoms with Gasteiger partial charge in [-0.3, -0.25) is 4.99 Å². The van der Waals surface area contributed by atoms with Gasteiger partial charge in [-0.05, 0) is 25.7 Å². The van der Waals surface area contributed by atoms with Crippen molar-refractivity contribution in [2.45, 2.75) is 25.7 Å². The van der Waals surface area contributed by atoms with E-state index in [0.29, 0.717) is 5.92 Å². The molecule has 1 heteroatoms. The largest absolute Gasteiger partial charge is 0.297 e. The summed E-state index contributed by atoms with van der Waals surface area (Å²) in [4.78, 5) is 4.40. The first kappa shape index (κ1) is 7.78. The molecule has 0 N–H and O–H groups in total. The Hall–Kier alpha value is -0.850. The van der Waals surface area contributed by atoms with E-state index >= 15 is 0 Å². The molecule has 3 rings (SSSR count). The third-order valence-corrected chi connectivity index (χ3v) is 2.52. The molecule has 1 atom stereocenters. The summed E-state index contributed by atoms with van der Waals surface area (Å²) in [5.74, 6) is 0.611. The van der Waals surface area contributed by atoms with Gasteiger partial charge in [0.2, 0.25) is 0 Å².